The van der Waals surface area contributed by atoms with Crippen molar-refractivity contribution in [1.29, 1.82) is 0 Å². The van der Waals surface area contributed by atoms with Crippen molar-refractivity contribution < 1.29 is 9.59 Å². The topological polar surface area (TPSA) is 58.2 Å². The zero-order valence-corrected chi connectivity index (χ0v) is 9.62. The zero-order chi connectivity index (χ0) is 12.3. The molecule has 0 unspecified atom stereocenters. The van der Waals surface area contributed by atoms with Crippen molar-refractivity contribution in [1.82, 2.24) is 5.32 Å². The number of anilines is 1. The summed E-state index contributed by atoms with van der Waals surface area (Å²) in [6.45, 7) is 0.917. The normalized spacial score (nSPS) is 14.2. The minimum absolute atomic E-state index is 0.453. The Hall–Kier alpha value is -1.94. The fourth-order valence-corrected chi connectivity index (χ4v) is 1.71. The largest absolute Gasteiger partial charge is 0.319 e. The lowest BCUT2D eigenvalue weighted by molar-refractivity contribution is -0.112. The van der Waals surface area contributed by atoms with Gasteiger partial charge in [-0.1, -0.05) is 18.2 Å². The molecule has 4 heteroatoms. The number of fused-ring (bicyclic) bond motifs is 1. The molecule has 1 heterocycles. The molecule has 0 aliphatic carbocycles. The molecule has 1 aromatic rings. The molecule has 4 nitrogen and oxygen atoms in total. The fourth-order valence-electron chi connectivity index (χ4n) is 1.71. The predicted molar refractivity (Wildman–Crippen MR) is 67.0 cm³/mol. The summed E-state index contributed by atoms with van der Waals surface area (Å²) in [7, 11) is 1.90. The van der Waals surface area contributed by atoms with E-state index in [1.54, 1.807) is 12.1 Å². The number of rotatable bonds is 4. The zero-order valence-electron chi connectivity index (χ0n) is 9.62. The second-order valence-corrected chi connectivity index (χ2v) is 3.88. The Bertz CT molecular complexity index is 492. The number of amides is 1. The minimum Gasteiger partial charge on any atom is -0.319 e. The average molecular weight is 230 g/mol. The highest BCUT2D eigenvalue weighted by Gasteiger charge is 2.27. The lowest BCUT2D eigenvalue weighted by Gasteiger charge is -1.98. The number of hydrogen-bond donors (Lipinski definition) is 2. The molecule has 2 N–H and O–H groups in total. The molecule has 0 fully saturated rings. The van der Waals surface area contributed by atoms with Crippen LogP contribution in [0.3, 0.4) is 0 Å². The van der Waals surface area contributed by atoms with E-state index in [2.05, 4.69) is 10.6 Å². The number of Topliss-reactive ketones (excluding diaryl/α,β-unsaturated/α-hetero) is 1. The predicted octanol–water partition coefficient (Wildman–Crippen LogP) is 1.44. The Balaban J connectivity index is 2.15. The number of hydrogen-bond acceptors (Lipinski definition) is 3. The van der Waals surface area contributed by atoms with Crippen LogP contribution in [-0.4, -0.2) is 25.3 Å². The van der Waals surface area contributed by atoms with Crippen LogP contribution in [0, 0.1) is 0 Å². The second-order valence-electron chi connectivity index (χ2n) is 3.88. The van der Waals surface area contributed by atoms with Crippen LogP contribution in [0.5, 0.6) is 0 Å². The first-order valence-electron chi connectivity index (χ1n) is 5.53. The molecular weight excluding hydrogens is 216 g/mol. The van der Waals surface area contributed by atoms with Gasteiger partial charge in [0.05, 0.1) is 11.3 Å². The molecule has 2 rings (SSSR count). The molecule has 88 valence electrons. The molecule has 0 radical (unpaired) electrons. The van der Waals surface area contributed by atoms with Gasteiger partial charge in [-0.25, -0.2) is 0 Å². The highest BCUT2D eigenvalue weighted by Crippen LogP contribution is 2.24. The molecule has 0 bridgehead atoms. The van der Waals surface area contributed by atoms with Gasteiger partial charge in [0, 0.05) is 0 Å². The Morgan fingerprint density at radius 1 is 1.35 bits per heavy atom. The lowest BCUT2D eigenvalue weighted by Crippen LogP contribution is -2.12. The number of nitrogens with one attached hydrogen (secondary N) is 2. The van der Waals surface area contributed by atoms with Gasteiger partial charge in [0.25, 0.3) is 11.7 Å². The molecular formula is C13H14N2O2. The summed E-state index contributed by atoms with van der Waals surface area (Å²) in [5.74, 6) is -0.998. The van der Waals surface area contributed by atoms with E-state index >= 15 is 0 Å². The van der Waals surface area contributed by atoms with Gasteiger partial charge < -0.3 is 10.6 Å². The molecule has 0 spiro atoms. The number of carbonyl (C=O) groups excluding carboxylic acids is 2. The van der Waals surface area contributed by atoms with Gasteiger partial charge in [0.15, 0.2) is 0 Å². The highest BCUT2D eigenvalue weighted by atomic mass is 16.2. The van der Waals surface area contributed by atoms with Crippen LogP contribution in [0.4, 0.5) is 5.69 Å². The Labute approximate surface area is 99.7 Å². The van der Waals surface area contributed by atoms with E-state index in [1.165, 1.54) is 0 Å². The molecule has 0 saturated carbocycles. The summed E-state index contributed by atoms with van der Waals surface area (Å²) in [6, 6.07) is 5.38. The van der Waals surface area contributed by atoms with Crippen LogP contribution in [0.25, 0.3) is 6.08 Å². The van der Waals surface area contributed by atoms with Gasteiger partial charge in [0.2, 0.25) is 0 Å². The summed E-state index contributed by atoms with van der Waals surface area (Å²) in [4.78, 5) is 22.6. The van der Waals surface area contributed by atoms with Gasteiger partial charge in [-0.3, -0.25) is 9.59 Å². The van der Waals surface area contributed by atoms with Crippen LogP contribution in [0.15, 0.2) is 24.3 Å². The van der Waals surface area contributed by atoms with Crippen molar-refractivity contribution in [3.8, 4) is 0 Å². The highest BCUT2D eigenvalue weighted by molar-refractivity contribution is 6.51. The number of benzene rings is 1. The lowest BCUT2D eigenvalue weighted by atomic mass is 10.1. The first-order valence-corrected chi connectivity index (χ1v) is 5.53. The van der Waals surface area contributed by atoms with E-state index in [0.717, 1.165) is 18.5 Å². The van der Waals surface area contributed by atoms with E-state index in [9.17, 15) is 9.59 Å². The second kappa shape index (κ2) is 4.93. The smallest absolute Gasteiger partial charge is 0.296 e. The SMILES string of the molecule is CNCCC=Cc1ccc2c(c1)C(=O)C(=O)N2. The standard InChI is InChI=1S/C13H14N2O2/c1-14-7-3-2-4-9-5-6-11-10(8-9)12(16)13(17)15-11/h2,4-6,8,14H,3,7H2,1H3,(H,15,16,17). The van der Waals surface area contributed by atoms with Gasteiger partial charge in [-0.05, 0) is 37.7 Å². The maximum atomic E-state index is 11.5. The van der Waals surface area contributed by atoms with E-state index in [4.69, 9.17) is 0 Å². The molecule has 0 aromatic heterocycles. The fraction of sp³-hybridized carbons (Fsp3) is 0.231. The van der Waals surface area contributed by atoms with E-state index in [1.807, 2.05) is 25.3 Å². The third-order valence-corrected chi connectivity index (χ3v) is 2.61. The van der Waals surface area contributed by atoms with Crippen molar-refractivity contribution in [3.63, 3.8) is 0 Å². The summed E-state index contributed by atoms with van der Waals surface area (Å²) in [5, 5.41) is 5.58. The molecule has 1 amide bonds. The first kappa shape index (κ1) is 11.5. The van der Waals surface area contributed by atoms with E-state index < -0.39 is 11.7 Å². The van der Waals surface area contributed by atoms with Crippen molar-refractivity contribution in [3.05, 3.63) is 35.4 Å². The van der Waals surface area contributed by atoms with Gasteiger partial charge >= 0.3 is 0 Å². The third kappa shape index (κ3) is 2.42. The first-order chi connectivity index (χ1) is 8.22. The Kier molecular flexibility index (Phi) is 3.35. The molecule has 17 heavy (non-hydrogen) atoms. The summed E-state index contributed by atoms with van der Waals surface area (Å²) in [5.41, 5.74) is 2.00. The maximum absolute atomic E-state index is 11.5. The van der Waals surface area contributed by atoms with Crippen LogP contribution in [0.2, 0.25) is 0 Å². The van der Waals surface area contributed by atoms with Gasteiger partial charge in [-0.2, -0.15) is 0 Å². The Morgan fingerprint density at radius 2 is 2.18 bits per heavy atom. The van der Waals surface area contributed by atoms with Crippen molar-refractivity contribution in [2.45, 2.75) is 6.42 Å². The average Bonchev–Trinajstić information content (AvgIpc) is 2.61. The van der Waals surface area contributed by atoms with Gasteiger partial charge in [-0.15, -0.1) is 0 Å². The van der Waals surface area contributed by atoms with Crippen molar-refractivity contribution in [2.24, 2.45) is 0 Å². The number of ketones is 1. The summed E-state index contributed by atoms with van der Waals surface area (Å²) >= 11 is 0. The summed E-state index contributed by atoms with van der Waals surface area (Å²) in [6.07, 6.45) is 4.92. The van der Waals surface area contributed by atoms with Crippen LogP contribution < -0.4 is 10.6 Å². The molecule has 1 aromatic carbocycles. The van der Waals surface area contributed by atoms with Gasteiger partial charge in [0.1, 0.15) is 0 Å². The monoisotopic (exact) mass is 230 g/mol. The molecule has 0 saturated heterocycles. The number of carbonyl (C=O) groups is 2. The minimum atomic E-state index is -0.545. The molecule has 1 aliphatic heterocycles. The maximum Gasteiger partial charge on any atom is 0.296 e. The van der Waals surface area contributed by atoms with Crippen molar-refractivity contribution >= 4 is 23.5 Å². The van der Waals surface area contributed by atoms with E-state index in [-0.39, 0.29) is 0 Å². The summed E-state index contributed by atoms with van der Waals surface area (Å²) < 4.78 is 0. The van der Waals surface area contributed by atoms with E-state index in [0.29, 0.717) is 11.3 Å². The quantitative estimate of drug-likeness (QED) is 0.608. The Morgan fingerprint density at radius 3 is 2.94 bits per heavy atom. The van der Waals surface area contributed by atoms with Crippen LogP contribution >= 0.6 is 0 Å². The third-order valence-electron chi connectivity index (χ3n) is 2.61. The van der Waals surface area contributed by atoms with Crippen LogP contribution in [-0.2, 0) is 4.79 Å². The molecule has 0 atom stereocenters. The molecule has 1 aliphatic rings. The van der Waals surface area contributed by atoms with Crippen molar-refractivity contribution in [2.75, 3.05) is 18.9 Å². The van der Waals surface area contributed by atoms with Crippen LogP contribution in [0.1, 0.15) is 22.3 Å².